The van der Waals surface area contributed by atoms with E-state index >= 15 is 0 Å². The number of carbonyl (C=O) groups is 1. The smallest absolute Gasteiger partial charge is 0.360 e. The minimum Gasteiger partial charge on any atom is -0.461 e. The molecule has 0 spiro atoms. The SMILES string of the molecule is CCOC(=O)c1nnn(CC2CCCO2)c1C. The van der Waals surface area contributed by atoms with Crippen LogP contribution in [-0.4, -0.2) is 40.3 Å². The van der Waals surface area contributed by atoms with Gasteiger partial charge in [-0.1, -0.05) is 5.21 Å². The van der Waals surface area contributed by atoms with Gasteiger partial charge in [0.15, 0.2) is 5.69 Å². The van der Waals surface area contributed by atoms with Gasteiger partial charge in [0.1, 0.15) is 0 Å². The van der Waals surface area contributed by atoms with Crippen molar-refractivity contribution in [2.75, 3.05) is 13.2 Å². The molecule has 94 valence electrons. The first kappa shape index (κ1) is 12.0. The maximum atomic E-state index is 11.5. The number of rotatable bonds is 4. The molecular weight excluding hydrogens is 222 g/mol. The Balaban J connectivity index is 2.06. The van der Waals surface area contributed by atoms with Gasteiger partial charge >= 0.3 is 5.97 Å². The van der Waals surface area contributed by atoms with E-state index in [9.17, 15) is 4.79 Å². The van der Waals surface area contributed by atoms with Crippen LogP contribution in [0.25, 0.3) is 0 Å². The first-order valence-corrected chi connectivity index (χ1v) is 5.91. The van der Waals surface area contributed by atoms with Crippen molar-refractivity contribution in [2.45, 2.75) is 39.3 Å². The Labute approximate surface area is 99.9 Å². The molecule has 1 unspecified atom stereocenters. The summed E-state index contributed by atoms with van der Waals surface area (Å²) in [4.78, 5) is 11.5. The van der Waals surface area contributed by atoms with Crippen molar-refractivity contribution in [3.8, 4) is 0 Å². The zero-order valence-corrected chi connectivity index (χ0v) is 10.2. The number of hydrogen-bond donors (Lipinski definition) is 0. The topological polar surface area (TPSA) is 66.2 Å². The number of nitrogens with zero attached hydrogens (tertiary/aromatic N) is 3. The average molecular weight is 239 g/mol. The normalized spacial score (nSPS) is 19.5. The summed E-state index contributed by atoms with van der Waals surface area (Å²) in [5.74, 6) is -0.413. The van der Waals surface area contributed by atoms with Crippen molar-refractivity contribution >= 4 is 5.97 Å². The van der Waals surface area contributed by atoms with E-state index in [0.717, 1.165) is 25.1 Å². The van der Waals surface area contributed by atoms with Gasteiger partial charge in [-0.25, -0.2) is 9.48 Å². The molecule has 6 nitrogen and oxygen atoms in total. The highest BCUT2D eigenvalue weighted by atomic mass is 16.5. The van der Waals surface area contributed by atoms with Gasteiger partial charge in [0.2, 0.25) is 0 Å². The fourth-order valence-electron chi connectivity index (χ4n) is 1.90. The second-order valence-electron chi connectivity index (χ2n) is 4.06. The number of aromatic nitrogens is 3. The molecule has 1 aliphatic rings. The molecule has 1 aromatic rings. The van der Waals surface area contributed by atoms with Crippen molar-refractivity contribution in [1.82, 2.24) is 15.0 Å². The van der Waals surface area contributed by atoms with E-state index in [1.807, 2.05) is 6.92 Å². The molecule has 0 amide bonds. The Morgan fingerprint density at radius 3 is 3.12 bits per heavy atom. The van der Waals surface area contributed by atoms with Crippen LogP contribution in [-0.2, 0) is 16.0 Å². The summed E-state index contributed by atoms with van der Waals surface area (Å²) in [5, 5.41) is 7.83. The molecule has 1 fully saturated rings. The van der Waals surface area contributed by atoms with Crippen LogP contribution in [0.1, 0.15) is 35.9 Å². The molecule has 0 bridgehead atoms. The molecule has 17 heavy (non-hydrogen) atoms. The van der Waals surface area contributed by atoms with E-state index in [4.69, 9.17) is 9.47 Å². The molecule has 2 rings (SSSR count). The molecule has 2 heterocycles. The first-order chi connectivity index (χ1) is 8.22. The predicted molar refractivity (Wildman–Crippen MR) is 59.7 cm³/mol. The summed E-state index contributed by atoms with van der Waals surface area (Å²) in [6, 6.07) is 0. The second-order valence-corrected chi connectivity index (χ2v) is 4.06. The number of carbonyl (C=O) groups excluding carboxylic acids is 1. The van der Waals surface area contributed by atoms with E-state index in [1.54, 1.807) is 11.6 Å². The third kappa shape index (κ3) is 2.63. The van der Waals surface area contributed by atoms with Crippen molar-refractivity contribution in [2.24, 2.45) is 0 Å². The summed E-state index contributed by atoms with van der Waals surface area (Å²) in [6.45, 7) is 5.39. The lowest BCUT2D eigenvalue weighted by molar-refractivity contribution is 0.0518. The molecule has 0 aromatic carbocycles. The lowest BCUT2D eigenvalue weighted by atomic mass is 10.2. The molecule has 0 aliphatic carbocycles. The standard InChI is InChI=1S/C11H17N3O3/c1-3-16-11(15)10-8(2)14(13-12-10)7-9-5-4-6-17-9/h9H,3-7H2,1-2H3. The minimum atomic E-state index is -0.413. The molecule has 0 N–H and O–H groups in total. The van der Waals surface area contributed by atoms with E-state index in [0.29, 0.717) is 18.8 Å². The van der Waals surface area contributed by atoms with Gasteiger partial charge in [-0.05, 0) is 26.7 Å². The Morgan fingerprint density at radius 1 is 1.65 bits per heavy atom. The average Bonchev–Trinajstić information content (AvgIpc) is 2.91. The molecule has 0 saturated carbocycles. The van der Waals surface area contributed by atoms with Gasteiger partial charge in [-0.2, -0.15) is 0 Å². The van der Waals surface area contributed by atoms with Crippen molar-refractivity contribution < 1.29 is 14.3 Å². The van der Waals surface area contributed by atoms with Crippen LogP contribution in [0, 0.1) is 6.92 Å². The van der Waals surface area contributed by atoms with Crippen LogP contribution in [0.3, 0.4) is 0 Å². The molecule has 1 aromatic heterocycles. The van der Waals surface area contributed by atoms with Crippen LogP contribution < -0.4 is 0 Å². The van der Waals surface area contributed by atoms with E-state index in [2.05, 4.69) is 10.3 Å². The maximum absolute atomic E-state index is 11.5. The first-order valence-electron chi connectivity index (χ1n) is 5.91. The van der Waals surface area contributed by atoms with E-state index < -0.39 is 5.97 Å². The highest BCUT2D eigenvalue weighted by molar-refractivity contribution is 5.88. The van der Waals surface area contributed by atoms with Gasteiger partial charge in [0.05, 0.1) is 24.9 Å². The Hall–Kier alpha value is -1.43. The fourth-order valence-corrected chi connectivity index (χ4v) is 1.90. The summed E-state index contributed by atoms with van der Waals surface area (Å²) in [6.07, 6.45) is 2.31. The van der Waals surface area contributed by atoms with Gasteiger partial charge in [-0.15, -0.1) is 5.10 Å². The lowest BCUT2D eigenvalue weighted by Gasteiger charge is -2.09. The maximum Gasteiger partial charge on any atom is 0.360 e. The van der Waals surface area contributed by atoms with Crippen LogP contribution in [0.15, 0.2) is 0 Å². The molecule has 1 aliphatic heterocycles. The Morgan fingerprint density at radius 2 is 2.47 bits per heavy atom. The van der Waals surface area contributed by atoms with Crippen LogP contribution in [0.5, 0.6) is 0 Å². The van der Waals surface area contributed by atoms with E-state index in [1.165, 1.54) is 0 Å². The van der Waals surface area contributed by atoms with Crippen LogP contribution in [0.2, 0.25) is 0 Å². The third-order valence-electron chi connectivity index (χ3n) is 2.85. The zero-order chi connectivity index (χ0) is 12.3. The lowest BCUT2D eigenvalue weighted by Crippen LogP contribution is -2.17. The highest BCUT2D eigenvalue weighted by Gasteiger charge is 2.21. The number of ether oxygens (including phenoxy) is 2. The van der Waals surface area contributed by atoms with Gasteiger partial charge in [0.25, 0.3) is 0 Å². The van der Waals surface area contributed by atoms with E-state index in [-0.39, 0.29) is 6.10 Å². The Bertz CT molecular complexity index is 397. The number of esters is 1. The van der Waals surface area contributed by atoms with Crippen LogP contribution in [0.4, 0.5) is 0 Å². The summed E-state index contributed by atoms with van der Waals surface area (Å²) >= 11 is 0. The summed E-state index contributed by atoms with van der Waals surface area (Å²) in [7, 11) is 0. The highest BCUT2D eigenvalue weighted by Crippen LogP contribution is 2.15. The monoisotopic (exact) mass is 239 g/mol. The molecular formula is C11H17N3O3. The van der Waals surface area contributed by atoms with Crippen molar-refractivity contribution in [3.63, 3.8) is 0 Å². The fraction of sp³-hybridized carbons (Fsp3) is 0.727. The van der Waals surface area contributed by atoms with Gasteiger partial charge in [-0.3, -0.25) is 0 Å². The van der Waals surface area contributed by atoms with Crippen molar-refractivity contribution in [3.05, 3.63) is 11.4 Å². The van der Waals surface area contributed by atoms with Crippen molar-refractivity contribution in [1.29, 1.82) is 0 Å². The second kappa shape index (κ2) is 5.27. The number of hydrogen-bond acceptors (Lipinski definition) is 5. The Kier molecular flexibility index (Phi) is 3.73. The molecule has 1 atom stereocenters. The molecule has 6 heteroatoms. The molecule has 0 radical (unpaired) electrons. The third-order valence-corrected chi connectivity index (χ3v) is 2.85. The summed E-state index contributed by atoms with van der Waals surface area (Å²) < 4.78 is 12.1. The molecule has 1 saturated heterocycles. The van der Waals surface area contributed by atoms with Crippen LogP contribution >= 0.6 is 0 Å². The van der Waals surface area contributed by atoms with Gasteiger partial charge in [0, 0.05) is 6.61 Å². The predicted octanol–water partition coefficient (Wildman–Crippen LogP) is 0.942. The quantitative estimate of drug-likeness (QED) is 0.732. The largest absolute Gasteiger partial charge is 0.461 e. The zero-order valence-electron chi connectivity index (χ0n) is 10.2. The summed E-state index contributed by atoms with van der Waals surface area (Å²) in [5.41, 5.74) is 1.03. The minimum absolute atomic E-state index is 0.186. The van der Waals surface area contributed by atoms with Gasteiger partial charge < -0.3 is 9.47 Å².